The van der Waals surface area contributed by atoms with Gasteiger partial charge in [0.15, 0.2) is 0 Å². The minimum atomic E-state index is -1.12. The summed E-state index contributed by atoms with van der Waals surface area (Å²) in [5.41, 5.74) is 4.72. The largest absolute Gasteiger partial charge is 0.480 e. The molecule has 1 aliphatic heterocycles. The van der Waals surface area contributed by atoms with Crippen LogP contribution in [-0.2, 0) is 4.79 Å². The highest BCUT2D eigenvalue weighted by Crippen LogP contribution is 2.23. The fourth-order valence-corrected chi connectivity index (χ4v) is 2.87. The number of carboxylic acids is 1. The number of carboxylic acid groups (broad SMARTS) is 1. The molecule has 0 spiro atoms. The number of hydrogen-bond acceptors (Lipinski definition) is 3. The van der Waals surface area contributed by atoms with Crippen LogP contribution >= 0.6 is 0 Å². The van der Waals surface area contributed by atoms with Crippen LogP contribution in [0.5, 0.6) is 0 Å². The summed E-state index contributed by atoms with van der Waals surface area (Å²) in [7, 11) is 0. The number of hydrogen-bond donors (Lipinski definition) is 2. The lowest BCUT2D eigenvalue weighted by molar-refractivity contribution is -0.143. The van der Waals surface area contributed by atoms with E-state index in [1.165, 1.54) is 25.7 Å². The van der Waals surface area contributed by atoms with Crippen LogP contribution in [-0.4, -0.2) is 40.6 Å². The van der Waals surface area contributed by atoms with Crippen molar-refractivity contribution < 1.29 is 9.90 Å². The van der Waals surface area contributed by atoms with Crippen molar-refractivity contribution in [2.75, 3.05) is 13.1 Å². The Morgan fingerprint density at radius 2 is 2.17 bits per heavy atom. The first-order valence-electron chi connectivity index (χ1n) is 7.13. The normalized spacial score (nSPS) is 27.2. The first-order chi connectivity index (χ1) is 8.36. The summed E-state index contributed by atoms with van der Waals surface area (Å²) >= 11 is 0. The fraction of sp³-hybridized carbons (Fsp3) is 0.929. The van der Waals surface area contributed by atoms with E-state index >= 15 is 0 Å². The summed E-state index contributed by atoms with van der Waals surface area (Å²) in [6, 6.07) is 0.242. The van der Waals surface area contributed by atoms with Gasteiger partial charge in [0, 0.05) is 6.04 Å². The van der Waals surface area contributed by atoms with Gasteiger partial charge >= 0.3 is 5.97 Å². The maximum atomic E-state index is 11.1. The molecule has 106 valence electrons. The minimum Gasteiger partial charge on any atom is -0.480 e. The van der Waals surface area contributed by atoms with E-state index in [0.29, 0.717) is 6.42 Å². The first-order valence-corrected chi connectivity index (χ1v) is 7.13. The van der Waals surface area contributed by atoms with Crippen LogP contribution in [0, 0.1) is 5.92 Å². The molecular weight excluding hydrogens is 228 g/mol. The summed E-state index contributed by atoms with van der Waals surface area (Å²) in [5, 5.41) is 9.08. The van der Waals surface area contributed by atoms with Gasteiger partial charge in [0.2, 0.25) is 0 Å². The number of rotatable bonds is 5. The maximum Gasteiger partial charge on any atom is 0.323 e. The smallest absolute Gasteiger partial charge is 0.323 e. The molecule has 1 heterocycles. The van der Waals surface area contributed by atoms with Gasteiger partial charge in [0.25, 0.3) is 0 Å². The lowest BCUT2D eigenvalue weighted by atomic mass is 9.94. The van der Waals surface area contributed by atoms with Crippen molar-refractivity contribution in [1.82, 2.24) is 4.90 Å². The monoisotopic (exact) mass is 256 g/mol. The number of nitrogens with two attached hydrogens (primary N) is 1. The molecule has 18 heavy (non-hydrogen) atoms. The summed E-state index contributed by atoms with van der Waals surface area (Å²) < 4.78 is 0. The van der Waals surface area contributed by atoms with Crippen LogP contribution < -0.4 is 5.73 Å². The Bertz CT molecular complexity index is 279. The lowest BCUT2D eigenvalue weighted by Crippen LogP contribution is -2.50. The van der Waals surface area contributed by atoms with Crippen molar-refractivity contribution in [2.45, 2.75) is 64.5 Å². The van der Waals surface area contributed by atoms with E-state index in [4.69, 9.17) is 10.8 Å². The predicted molar refractivity (Wildman–Crippen MR) is 73.5 cm³/mol. The highest BCUT2D eigenvalue weighted by atomic mass is 16.4. The fourth-order valence-electron chi connectivity index (χ4n) is 2.87. The molecule has 0 aromatic rings. The van der Waals surface area contributed by atoms with Gasteiger partial charge in [0.1, 0.15) is 5.54 Å². The second kappa shape index (κ2) is 6.53. The first kappa shape index (κ1) is 15.4. The zero-order chi connectivity index (χ0) is 13.8. The summed E-state index contributed by atoms with van der Waals surface area (Å²) in [6.07, 6.45) is 5.52. The Morgan fingerprint density at radius 3 is 2.72 bits per heavy atom. The zero-order valence-electron chi connectivity index (χ0n) is 12.0. The van der Waals surface area contributed by atoms with Crippen LogP contribution in [0.4, 0.5) is 0 Å². The Labute approximate surface area is 111 Å². The van der Waals surface area contributed by atoms with E-state index in [0.717, 1.165) is 19.0 Å². The summed E-state index contributed by atoms with van der Waals surface area (Å²) in [4.78, 5) is 13.5. The molecule has 0 aromatic carbocycles. The standard InChI is InChI=1S/C14H28N2O2/c1-4-12-6-5-8-16(9-7-12)11(2)10-14(3,15)13(17)18/h11-12H,4-10,15H2,1-3H3,(H,17,18). The Hall–Kier alpha value is -0.610. The van der Waals surface area contributed by atoms with Crippen molar-refractivity contribution in [3.05, 3.63) is 0 Å². The highest BCUT2D eigenvalue weighted by Gasteiger charge is 2.32. The molecule has 3 atom stereocenters. The van der Waals surface area contributed by atoms with Crippen molar-refractivity contribution >= 4 is 5.97 Å². The number of aliphatic carboxylic acids is 1. The summed E-state index contributed by atoms with van der Waals surface area (Å²) in [6.45, 7) is 8.12. The van der Waals surface area contributed by atoms with E-state index in [1.54, 1.807) is 6.92 Å². The van der Waals surface area contributed by atoms with Gasteiger partial charge in [-0.1, -0.05) is 13.3 Å². The van der Waals surface area contributed by atoms with Gasteiger partial charge in [-0.25, -0.2) is 0 Å². The van der Waals surface area contributed by atoms with E-state index in [-0.39, 0.29) is 6.04 Å². The second-order valence-electron chi connectivity index (χ2n) is 6.02. The van der Waals surface area contributed by atoms with Crippen LogP contribution in [0.2, 0.25) is 0 Å². The van der Waals surface area contributed by atoms with Crippen LogP contribution in [0.15, 0.2) is 0 Å². The molecule has 0 saturated carbocycles. The molecule has 0 aromatic heterocycles. The van der Waals surface area contributed by atoms with Crippen molar-refractivity contribution in [3.8, 4) is 0 Å². The molecule has 1 rings (SSSR count). The van der Waals surface area contributed by atoms with Crippen LogP contribution in [0.3, 0.4) is 0 Å². The van der Waals surface area contributed by atoms with Crippen molar-refractivity contribution in [1.29, 1.82) is 0 Å². The predicted octanol–water partition coefficient (Wildman–Crippen LogP) is 2.08. The molecule has 0 radical (unpaired) electrons. The topological polar surface area (TPSA) is 66.6 Å². The SMILES string of the molecule is CCC1CCCN(C(C)CC(C)(N)C(=O)O)CC1. The van der Waals surface area contributed by atoms with Crippen molar-refractivity contribution in [2.24, 2.45) is 11.7 Å². The molecule has 4 nitrogen and oxygen atoms in total. The average Bonchev–Trinajstić information content (AvgIpc) is 2.53. The minimum absolute atomic E-state index is 0.242. The summed E-state index contributed by atoms with van der Waals surface area (Å²) in [5.74, 6) is -0.0680. The van der Waals surface area contributed by atoms with Gasteiger partial charge in [0.05, 0.1) is 0 Å². The number of likely N-dealkylation sites (tertiary alicyclic amines) is 1. The molecule has 3 unspecified atom stereocenters. The van der Waals surface area contributed by atoms with Crippen LogP contribution in [0.1, 0.15) is 52.9 Å². The molecule has 1 aliphatic rings. The van der Waals surface area contributed by atoms with E-state index < -0.39 is 11.5 Å². The molecule has 3 N–H and O–H groups in total. The van der Waals surface area contributed by atoms with Gasteiger partial charge in [-0.05, 0) is 58.5 Å². The molecule has 1 saturated heterocycles. The van der Waals surface area contributed by atoms with E-state index in [1.807, 2.05) is 0 Å². The molecular formula is C14H28N2O2. The molecule has 0 aliphatic carbocycles. The Morgan fingerprint density at radius 1 is 1.50 bits per heavy atom. The molecule has 1 fully saturated rings. The zero-order valence-corrected chi connectivity index (χ0v) is 12.0. The third kappa shape index (κ3) is 4.25. The number of carbonyl (C=O) groups is 1. The highest BCUT2D eigenvalue weighted by molar-refractivity contribution is 5.77. The number of nitrogens with zero attached hydrogens (tertiary/aromatic N) is 1. The van der Waals surface area contributed by atoms with Crippen molar-refractivity contribution in [3.63, 3.8) is 0 Å². The average molecular weight is 256 g/mol. The van der Waals surface area contributed by atoms with Gasteiger partial charge in [-0.15, -0.1) is 0 Å². The third-order valence-electron chi connectivity index (χ3n) is 4.29. The third-order valence-corrected chi connectivity index (χ3v) is 4.29. The molecule has 0 bridgehead atoms. The van der Waals surface area contributed by atoms with Gasteiger partial charge in [-0.3, -0.25) is 4.79 Å². The maximum absolute atomic E-state index is 11.1. The van der Waals surface area contributed by atoms with Gasteiger partial charge in [-0.2, -0.15) is 0 Å². The van der Waals surface area contributed by atoms with E-state index in [9.17, 15) is 4.79 Å². The Balaban J connectivity index is 2.51. The van der Waals surface area contributed by atoms with E-state index in [2.05, 4.69) is 18.7 Å². The molecule has 4 heteroatoms. The quantitative estimate of drug-likeness (QED) is 0.790. The lowest BCUT2D eigenvalue weighted by Gasteiger charge is -2.32. The Kier molecular flexibility index (Phi) is 5.60. The second-order valence-corrected chi connectivity index (χ2v) is 6.02. The van der Waals surface area contributed by atoms with Gasteiger partial charge < -0.3 is 15.7 Å². The molecule has 0 amide bonds. The van der Waals surface area contributed by atoms with Crippen LogP contribution in [0.25, 0.3) is 0 Å².